The first kappa shape index (κ1) is 23.0. The van der Waals surface area contributed by atoms with Gasteiger partial charge in [0.25, 0.3) is 0 Å². The van der Waals surface area contributed by atoms with Gasteiger partial charge in [-0.3, -0.25) is 4.79 Å². The minimum atomic E-state index is -0.0760. The van der Waals surface area contributed by atoms with E-state index in [4.69, 9.17) is 15.2 Å². The van der Waals surface area contributed by atoms with Gasteiger partial charge >= 0.3 is 0 Å². The van der Waals surface area contributed by atoms with E-state index in [0.29, 0.717) is 30.2 Å². The van der Waals surface area contributed by atoms with Crippen molar-refractivity contribution in [2.75, 3.05) is 12.4 Å². The van der Waals surface area contributed by atoms with E-state index in [2.05, 4.69) is 10.3 Å². The Morgan fingerprint density at radius 1 is 1.16 bits per heavy atom. The summed E-state index contributed by atoms with van der Waals surface area (Å²) in [6.07, 6.45) is 2.60. The molecule has 0 saturated carbocycles. The van der Waals surface area contributed by atoms with E-state index in [1.807, 2.05) is 19.1 Å². The lowest BCUT2D eigenvalue weighted by Gasteiger charge is -2.08. The Hall–Kier alpha value is -2.02. The maximum Gasteiger partial charge on any atom is 0.224 e. The zero-order chi connectivity index (χ0) is 16.7. The number of rotatable bonds is 7. The summed E-state index contributed by atoms with van der Waals surface area (Å²) in [5.41, 5.74) is 6.26. The number of methoxy groups -OCH3 is 1. The van der Waals surface area contributed by atoms with Crippen molar-refractivity contribution in [3.8, 4) is 17.4 Å². The molecule has 25 heavy (non-hydrogen) atoms. The highest BCUT2D eigenvalue weighted by atomic mass is 35.5. The van der Waals surface area contributed by atoms with E-state index in [0.717, 1.165) is 5.75 Å². The minimum absolute atomic E-state index is 0. The number of hydrogen-bond acceptors (Lipinski definition) is 5. The summed E-state index contributed by atoms with van der Waals surface area (Å²) in [6.45, 7) is 1.88. The lowest BCUT2D eigenvalue weighted by Crippen LogP contribution is -2.19. The van der Waals surface area contributed by atoms with Gasteiger partial charge < -0.3 is 20.5 Å². The number of carbonyl (C=O) groups is 1. The Bertz CT molecular complexity index is 635. The molecule has 1 atom stereocenters. The van der Waals surface area contributed by atoms with Crippen LogP contribution in [0.4, 0.5) is 5.69 Å². The van der Waals surface area contributed by atoms with Gasteiger partial charge in [0.1, 0.15) is 11.5 Å². The molecule has 1 unspecified atom stereocenters. The highest BCUT2D eigenvalue weighted by molar-refractivity contribution is 5.90. The van der Waals surface area contributed by atoms with Crippen LogP contribution in [0.25, 0.3) is 0 Å². The van der Waals surface area contributed by atoms with Crippen LogP contribution in [-0.2, 0) is 4.79 Å². The maximum atomic E-state index is 11.7. The van der Waals surface area contributed by atoms with Crippen molar-refractivity contribution in [1.29, 1.82) is 0 Å². The summed E-state index contributed by atoms with van der Waals surface area (Å²) in [7, 11) is 1.61. The summed E-state index contributed by atoms with van der Waals surface area (Å²) in [5, 5.41) is 2.77. The zero-order valence-corrected chi connectivity index (χ0v) is 15.7. The number of carbonyl (C=O) groups excluding carboxylic acids is 1. The zero-order valence-electron chi connectivity index (χ0n) is 14.1. The molecule has 0 aliphatic carbocycles. The van der Waals surface area contributed by atoms with Crippen LogP contribution in [-0.4, -0.2) is 24.0 Å². The Morgan fingerprint density at radius 3 is 2.32 bits per heavy atom. The van der Waals surface area contributed by atoms with E-state index >= 15 is 0 Å². The van der Waals surface area contributed by atoms with Gasteiger partial charge in [-0.05, 0) is 43.7 Å². The molecule has 1 aromatic heterocycles. The average Bonchev–Trinajstić information content (AvgIpc) is 2.55. The molecule has 0 spiro atoms. The molecule has 1 amide bonds. The number of amides is 1. The van der Waals surface area contributed by atoms with E-state index in [-0.39, 0.29) is 36.8 Å². The number of hydrogen-bond donors (Lipinski definition) is 2. The van der Waals surface area contributed by atoms with Gasteiger partial charge in [0.05, 0.1) is 19.0 Å². The molecule has 0 radical (unpaired) electrons. The predicted molar refractivity (Wildman–Crippen MR) is 103 cm³/mol. The van der Waals surface area contributed by atoms with Gasteiger partial charge in [0.15, 0.2) is 0 Å². The number of ether oxygens (including phenoxy) is 2. The number of anilines is 1. The summed E-state index contributed by atoms with van der Waals surface area (Å²) in [4.78, 5) is 15.9. The number of halogens is 2. The van der Waals surface area contributed by atoms with Crippen LogP contribution in [0.2, 0.25) is 0 Å². The van der Waals surface area contributed by atoms with E-state index in [9.17, 15) is 4.79 Å². The molecule has 0 aliphatic rings. The Kier molecular flexibility index (Phi) is 10.6. The lowest BCUT2D eigenvalue weighted by molar-refractivity contribution is -0.116. The summed E-state index contributed by atoms with van der Waals surface area (Å²) >= 11 is 0. The van der Waals surface area contributed by atoms with Crippen molar-refractivity contribution < 1.29 is 14.3 Å². The minimum Gasteiger partial charge on any atom is -0.497 e. The highest BCUT2D eigenvalue weighted by Gasteiger charge is 2.05. The third-order valence-corrected chi connectivity index (χ3v) is 3.13. The molecule has 0 bridgehead atoms. The fourth-order valence-electron chi connectivity index (χ4n) is 1.86. The molecule has 0 saturated heterocycles. The van der Waals surface area contributed by atoms with E-state index in [1.54, 1.807) is 37.6 Å². The number of nitrogens with two attached hydrogens (primary N) is 1. The van der Waals surface area contributed by atoms with Crippen LogP contribution in [0, 0.1) is 0 Å². The van der Waals surface area contributed by atoms with Gasteiger partial charge in [0, 0.05) is 18.5 Å². The monoisotopic (exact) mass is 387 g/mol. The van der Waals surface area contributed by atoms with Crippen LogP contribution in [0.15, 0.2) is 42.6 Å². The molecule has 6 nitrogen and oxygen atoms in total. The second-order valence-corrected chi connectivity index (χ2v) is 5.23. The summed E-state index contributed by atoms with van der Waals surface area (Å²) in [5.74, 6) is 1.79. The van der Waals surface area contributed by atoms with Crippen molar-refractivity contribution in [2.24, 2.45) is 5.73 Å². The molecule has 8 heteroatoms. The van der Waals surface area contributed by atoms with Crippen molar-refractivity contribution in [3.63, 3.8) is 0 Å². The molecule has 0 aliphatic heterocycles. The Morgan fingerprint density at radius 2 is 1.80 bits per heavy atom. The van der Waals surface area contributed by atoms with E-state index in [1.165, 1.54) is 0 Å². The SMILES string of the molecule is COc1ccc(Oc2ccc(NC(=O)CCC(C)N)cn2)cc1.Cl.Cl. The Balaban J connectivity index is 0.00000288. The molecule has 1 aromatic carbocycles. The van der Waals surface area contributed by atoms with Crippen LogP contribution in [0.3, 0.4) is 0 Å². The number of nitrogens with zero attached hydrogens (tertiary/aromatic N) is 1. The van der Waals surface area contributed by atoms with Gasteiger partial charge in [-0.15, -0.1) is 24.8 Å². The standard InChI is InChI=1S/C17H21N3O3.2ClH/c1-12(18)3-9-16(21)20-13-4-10-17(19-11-13)23-15-7-5-14(22-2)6-8-15;;/h4-8,10-12H,3,9,18H2,1-2H3,(H,20,21);2*1H. The molecule has 3 N–H and O–H groups in total. The number of aromatic nitrogens is 1. The first-order chi connectivity index (χ1) is 11.1. The normalized spacial score (nSPS) is 10.7. The van der Waals surface area contributed by atoms with Crippen molar-refractivity contribution >= 4 is 36.4 Å². The summed E-state index contributed by atoms with van der Waals surface area (Å²) < 4.78 is 10.7. The van der Waals surface area contributed by atoms with Crippen LogP contribution < -0.4 is 20.5 Å². The van der Waals surface area contributed by atoms with Crippen LogP contribution in [0.1, 0.15) is 19.8 Å². The smallest absolute Gasteiger partial charge is 0.224 e. The largest absolute Gasteiger partial charge is 0.497 e. The van der Waals surface area contributed by atoms with Crippen molar-refractivity contribution in [2.45, 2.75) is 25.8 Å². The van der Waals surface area contributed by atoms with E-state index < -0.39 is 0 Å². The van der Waals surface area contributed by atoms with Gasteiger partial charge in [-0.2, -0.15) is 0 Å². The van der Waals surface area contributed by atoms with Crippen LogP contribution >= 0.6 is 24.8 Å². The highest BCUT2D eigenvalue weighted by Crippen LogP contribution is 2.23. The molecular formula is C17H23Cl2N3O3. The number of benzene rings is 1. The summed E-state index contributed by atoms with van der Waals surface area (Å²) in [6, 6.07) is 10.7. The fraction of sp³-hybridized carbons (Fsp3) is 0.294. The first-order valence-electron chi connectivity index (χ1n) is 7.40. The first-order valence-corrected chi connectivity index (χ1v) is 7.40. The fourth-order valence-corrected chi connectivity index (χ4v) is 1.86. The van der Waals surface area contributed by atoms with Gasteiger partial charge in [-0.1, -0.05) is 0 Å². The predicted octanol–water partition coefficient (Wildman–Crippen LogP) is 3.79. The second-order valence-electron chi connectivity index (χ2n) is 5.23. The maximum absolute atomic E-state index is 11.7. The molecule has 1 heterocycles. The molecule has 2 aromatic rings. The third-order valence-electron chi connectivity index (χ3n) is 3.13. The second kappa shape index (κ2) is 11.5. The topological polar surface area (TPSA) is 86.5 Å². The molecular weight excluding hydrogens is 365 g/mol. The van der Waals surface area contributed by atoms with Gasteiger partial charge in [0.2, 0.25) is 11.8 Å². The third kappa shape index (κ3) is 8.07. The molecule has 2 rings (SSSR count). The van der Waals surface area contributed by atoms with Gasteiger partial charge in [-0.25, -0.2) is 4.98 Å². The molecule has 138 valence electrons. The number of nitrogens with one attached hydrogen (secondary N) is 1. The number of pyridine rings is 1. The Labute approximate surface area is 159 Å². The molecule has 0 fully saturated rings. The van der Waals surface area contributed by atoms with Crippen molar-refractivity contribution in [3.05, 3.63) is 42.6 Å². The lowest BCUT2D eigenvalue weighted by atomic mass is 10.2. The van der Waals surface area contributed by atoms with Crippen LogP contribution in [0.5, 0.6) is 17.4 Å². The van der Waals surface area contributed by atoms with Crippen molar-refractivity contribution in [1.82, 2.24) is 4.98 Å². The average molecular weight is 388 g/mol. The quantitative estimate of drug-likeness (QED) is 0.754.